The number of hydrogen-bond acceptors (Lipinski definition) is 4. The van der Waals surface area contributed by atoms with E-state index in [0.717, 1.165) is 43.2 Å². The van der Waals surface area contributed by atoms with Crippen LogP contribution >= 0.6 is 0 Å². The molecule has 1 aromatic heterocycles. The van der Waals surface area contributed by atoms with Crippen molar-refractivity contribution in [1.29, 1.82) is 0 Å². The van der Waals surface area contributed by atoms with Gasteiger partial charge in [0.05, 0.1) is 24.6 Å². The van der Waals surface area contributed by atoms with Crippen LogP contribution in [0.5, 0.6) is 0 Å². The number of morpholine rings is 1. The number of rotatable bonds is 6. The number of halogens is 1. The molecule has 0 amide bonds. The molecule has 1 saturated heterocycles. The van der Waals surface area contributed by atoms with Crippen molar-refractivity contribution in [3.8, 4) is 11.3 Å². The molecule has 1 atom stereocenters. The maximum atomic E-state index is 14.2. The molecule has 1 aliphatic rings. The third-order valence-corrected chi connectivity index (χ3v) is 5.03. The Hall–Kier alpha value is -1.98. The Labute approximate surface area is 155 Å². The Morgan fingerprint density at radius 3 is 2.65 bits per heavy atom. The molecule has 0 unspecified atom stereocenters. The highest BCUT2D eigenvalue weighted by molar-refractivity contribution is 5.66. The van der Waals surface area contributed by atoms with Crippen LogP contribution in [-0.2, 0) is 11.3 Å². The Morgan fingerprint density at radius 2 is 1.92 bits per heavy atom. The molecule has 140 valence electrons. The SMILES string of the molecule is CC(C)[C@@H](C)NCc1nc(-c2cccc(N3CCOCC3)c2)ccc1F. The number of ether oxygens (including phenoxy) is 1. The molecule has 0 bridgehead atoms. The summed E-state index contributed by atoms with van der Waals surface area (Å²) in [6.45, 7) is 10.1. The lowest BCUT2D eigenvalue weighted by Crippen LogP contribution is -2.36. The lowest BCUT2D eigenvalue weighted by molar-refractivity contribution is 0.122. The number of pyridine rings is 1. The molecule has 26 heavy (non-hydrogen) atoms. The first-order valence-corrected chi connectivity index (χ1v) is 9.36. The molecule has 1 aromatic carbocycles. The Kier molecular flexibility index (Phi) is 6.22. The minimum absolute atomic E-state index is 0.262. The predicted molar refractivity (Wildman–Crippen MR) is 104 cm³/mol. The third-order valence-electron chi connectivity index (χ3n) is 5.03. The smallest absolute Gasteiger partial charge is 0.146 e. The van der Waals surface area contributed by atoms with Crippen molar-refractivity contribution in [3.05, 3.63) is 47.9 Å². The van der Waals surface area contributed by atoms with E-state index in [1.807, 2.05) is 12.1 Å². The Morgan fingerprint density at radius 1 is 1.15 bits per heavy atom. The van der Waals surface area contributed by atoms with Crippen molar-refractivity contribution in [1.82, 2.24) is 10.3 Å². The fourth-order valence-electron chi connectivity index (χ4n) is 2.95. The third kappa shape index (κ3) is 4.59. The quantitative estimate of drug-likeness (QED) is 0.852. The van der Waals surface area contributed by atoms with Crippen molar-refractivity contribution in [2.75, 3.05) is 31.2 Å². The van der Waals surface area contributed by atoms with Crippen LogP contribution in [-0.4, -0.2) is 37.3 Å². The van der Waals surface area contributed by atoms with E-state index in [4.69, 9.17) is 4.74 Å². The van der Waals surface area contributed by atoms with Gasteiger partial charge in [0, 0.05) is 36.9 Å². The van der Waals surface area contributed by atoms with Gasteiger partial charge in [-0.2, -0.15) is 0 Å². The van der Waals surface area contributed by atoms with Crippen molar-refractivity contribution < 1.29 is 9.13 Å². The molecule has 4 nitrogen and oxygen atoms in total. The van der Waals surface area contributed by atoms with E-state index in [0.29, 0.717) is 24.2 Å². The predicted octanol–water partition coefficient (Wildman–Crippen LogP) is 3.86. The zero-order valence-electron chi connectivity index (χ0n) is 15.8. The number of nitrogens with zero attached hydrogens (tertiary/aromatic N) is 2. The Balaban J connectivity index is 1.79. The van der Waals surface area contributed by atoms with Crippen LogP contribution < -0.4 is 10.2 Å². The van der Waals surface area contributed by atoms with Crippen molar-refractivity contribution in [3.63, 3.8) is 0 Å². The zero-order chi connectivity index (χ0) is 18.5. The maximum Gasteiger partial charge on any atom is 0.146 e. The molecule has 0 spiro atoms. The average molecular weight is 357 g/mol. The second kappa shape index (κ2) is 8.60. The lowest BCUT2D eigenvalue weighted by atomic mass is 10.1. The van der Waals surface area contributed by atoms with Crippen molar-refractivity contribution in [2.45, 2.75) is 33.4 Å². The Bertz CT molecular complexity index is 729. The molecule has 1 aliphatic heterocycles. The average Bonchev–Trinajstić information content (AvgIpc) is 2.67. The number of nitrogens with one attached hydrogen (secondary N) is 1. The van der Waals surface area contributed by atoms with E-state index in [2.05, 4.69) is 48.1 Å². The summed E-state index contributed by atoms with van der Waals surface area (Å²) < 4.78 is 19.6. The van der Waals surface area contributed by atoms with E-state index in [1.165, 1.54) is 6.07 Å². The van der Waals surface area contributed by atoms with E-state index < -0.39 is 0 Å². The molecule has 1 fully saturated rings. The molecule has 1 N–H and O–H groups in total. The summed E-state index contributed by atoms with van der Waals surface area (Å²) in [7, 11) is 0. The standard InChI is InChI=1S/C21H28FN3O/c1-15(2)16(3)23-14-21-19(22)7-8-20(24-21)17-5-4-6-18(13-17)25-9-11-26-12-10-25/h4-8,13,15-16,23H,9-12,14H2,1-3H3/t16-/m1/s1. The van der Waals surface area contributed by atoms with Crippen LogP contribution in [0.25, 0.3) is 11.3 Å². The van der Waals surface area contributed by atoms with Crippen LogP contribution in [0.2, 0.25) is 0 Å². The zero-order valence-corrected chi connectivity index (χ0v) is 15.8. The summed E-state index contributed by atoms with van der Waals surface area (Å²) in [6.07, 6.45) is 0. The molecule has 2 heterocycles. The van der Waals surface area contributed by atoms with Gasteiger partial charge in [0.2, 0.25) is 0 Å². The highest BCUT2D eigenvalue weighted by atomic mass is 19.1. The summed E-state index contributed by atoms with van der Waals surface area (Å²) >= 11 is 0. The van der Waals surface area contributed by atoms with Crippen LogP contribution in [0, 0.1) is 11.7 Å². The number of anilines is 1. The van der Waals surface area contributed by atoms with Gasteiger partial charge in [-0.25, -0.2) is 9.37 Å². The lowest BCUT2D eigenvalue weighted by Gasteiger charge is -2.29. The van der Waals surface area contributed by atoms with Gasteiger partial charge in [-0.15, -0.1) is 0 Å². The van der Waals surface area contributed by atoms with Gasteiger partial charge in [0.1, 0.15) is 5.82 Å². The van der Waals surface area contributed by atoms with E-state index in [-0.39, 0.29) is 5.82 Å². The van der Waals surface area contributed by atoms with Gasteiger partial charge in [0.25, 0.3) is 0 Å². The minimum Gasteiger partial charge on any atom is -0.378 e. The molecule has 0 saturated carbocycles. The van der Waals surface area contributed by atoms with E-state index >= 15 is 0 Å². The van der Waals surface area contributed by atoms with Gasteiger partial charge >= 0.3 is 0 Å². The van der Waals surface area contributed by atoms with Crippen LogP contribution in [0.15, 0.2) is 36.4 Å². The van der Waals surface area contributed by atoms with Crippen LogP contribution in [0.4, 0.5) is 10.1 Å². The van der Waals surface area contributed by atoms with Gasteiger partial charge in [0.15, 0.2) is 0 Å². The first-order chi connectivity index (χ1) is 12.5. The molecular weight excluding hydrogens is 329 g/mol. The summed E-state index contributed by atoms with van der Waals surface area (Å²) in [4.78, 5) is 6.89. The minimum atomic E-state index is -0.262. The second-order valence-corrected chi connectivity index (χ2v) is 7.19. The van der Waals surface area contributed by atoms with Gasteiger partial charge in [-0.05, 0) is 37.1 Å². The highest BCUT2D eigenvalue weighted by Crippen LogP contribution is 2.25. The maximum absolute atomic E-state index is 14.2. The summed E-state index contributed by atoms with van der Waals surface area (Å²) in [5, 5.41) is 3.36. The molecular formula is C21H28FN3O. The topological polar surface area (TPSA) is 37.4 Å². The van der Waals surface area contributed by atoms with E-state index in [9.17, 15) is 4.39 Å². The number of hydrogen-bond donors (Lipinski definition) is 1. The number of aromatic nitrogens is 1. The molecule has 3 rings (SSSR count). The fourth-order valence-corrected chi connectivity index (χ4v) is 2.95. The van der Waals surface area contributed by atoms with Crippen molar-refractivity contribution >= 4 is 5.69 Å². The fraction of sp³-hybridized carbons (Fsp3) is 0.476. The molecule has 5 heteroatoms. The molecule has 2 aromatic rings. The molecule has 0 aliphatic carbocycles. The van der Waals surface area contributed by atoms with Crippen molar-refractivity contribution in [2.24, 2.45) is 5.92 Å². The first kappa shape index (κ1) is 18.8. The van der Waals surface area contributed by atoms with Gasteiger partial charge in [-0.1, -0.05) is 26.0 Å². The largest absolute Gasteiger partial charge is 0.378 e. The van der Waals surface area contributed by atoms with Crippen LogP contribution in [0.1, 0.15) is 26.5 Å². The summed E-state index contributed by atoms with van der Waals surface area (Å²) in [6, 6.07) is 11.9. The van der Waals surface area contributed by atoms with Gasteiger partial charge < -0.3 is 15.0 Å². The monoisotopic (exact) mass is 357 g/mol. The summed E-state index contributed by atoms with van der Waals surface area (Å²) in [5.74, 6) is 0.230. The molecule has 0 radical (unpaired) electrons. The normalized spacial score (nSPS) is 16.1. The number of benzene rings is 1. The summed E-state index contributed by atoms with van der Waals surface area (Å²) in [5.41, 5.74) is 3.43. The van der Waals surface area contributed by atoms with Crippen LogP contribution in [0.3, 0.4) is 0 Å². The first-order valence-electron chi connectivity index (χ1n) is 9.36. The second-order valence-electron chi connectivity index (χ2n) is 7.19. The highest BCUT2D eigenvalue weighted by Gasteiger charge is 2.14. The van der Waals surface area contributed by atoms with Gasteiger partial charge in [-0.3, -0.25) is 0 Å². The van der Waals surface area contributed by atoms with E-state index in [1.54, 1.807) is 6.07 Å².